The predicted octanol–water partition coefficient (Wildman–Crippen LogP) is 3.59. The van der Waals surface area contributed by atoms with Crippen molar-refractivity contribution in [1.82, 2.24) is 0 Å². The molecule has 0 fully saturated rings. The second-order valence-electron chi connectivity index (χ2n) is 4.58. The molecule has 2 rings (SSSR count). The third-order valence-corrected chi connectivity index (χ3v) is 3.26. The van der Waals surface area contributed by atoms with E-state index in [0.717, 1.165) is 10.0 Å². The van der Waals surface area contributed by atoms with Gasteiger partial charge in [0.25, 0.3) is 0 Å². The fourth-order valence-electron chi connectivity index (χ4n) is 1.92. The lowest BCUT2D eigenvalue weighted by Gasteiger charge is -2.11. The minimum Gasteiger partial charge on any atom is -0.325 e. The summed E-state index contributed by atoms with van der Waals surface area (Å²) in [5.41, 5.74) is 2.10. The van der Waals surface area contributed by atoms with Crippen molar-refractivity contribution in [3.8, 4) is 0 Å². The number of nitrogens with one attached hydrogen (secondary N) is 2. The predicted molar refractivity (Wildman–Crippen MR) is 87.2 cm³/mol. The molecule has 2 amide bonds. The Balaban J connectivity index is 2.07. The van der Waals surface area contributed by atoms with E-state index in [1.54, 1.807) is 24.3 Å². The zero-order chi connectivity index (χ0) is 15.2. The van der Waals surface area contributed by atoms with Crippen molar-refractivity contribution in [3.05, 3.63) is 58.6 Å². The van der Waals surface area contributed by atoms with Crippen LogP contribution in [-0.2, 0) is 16.0 Å². The van der Waals surface area contributed by atoms with Crippen molar-refractivity contribution in [1.29, 1.82) is 0 Å². The molecule has 0 saturated carbocycles. The third-order valence-electron chi connectivity index (χ3n) is 2.77. The van der Waals surface area contributed by atoms with Crippen LogP contribution >= 0.6 is 15.9 Å². The van der Waals surface area contributed by atoms with Crippen LogP contribution in [0.25, 0.3) is 0 Å². The molecule has 2 aromatic carbocycles. The monoisotopic (exact) mass is 346 g/mol. The van der Waals surface area contributed by atoms with Gasteiger partial charge in [-0.05, 0) is 29.8 Å². The normalized spacial score (nSPS) is 10.0. The highest BCUT2D eigenvalue weighted by atomic mass is 79.9. The number of hydrogen-bond acceptors (Lipinski definition) is 2. The van der Waals surface area contributed by atoms with E-state index in [-0.39, 0.29) is 18.2 Å². The summed E-state index contributed by atoms with van der Waals surface area (Å²) in [6.07, 6.45) is 0.272. The van der Waals surface area contributed by atoms with Gasteiger partial charge in [0.1, 0.15) is 0 Å². The Bertz CT molecular complexity index is 671. The summed E-state index contributed by atoms with van der Waals surface area (Å²) < 4.78 is 0.937. The molecule has 2 aromatic rings. The number of rotatable bonds is 4. The Morgan fingerprint density at radius 3 is 2.29 bits per heavy atom. The van der Waals surface area contributed by atoms with Crippen LogP contribution in [0.1, 0.15) is 12.5 Å². The molecule has 0 spiro atoms. The topological polar surface area (TPSA) is 58.2 Å². The van der Waals surface area contributed by atoms with Crippen LogP contribution in [0.2, 0.25) is 0 Å². The van der Waals surface area contributed by atoms with Crippen molar-refractivity contribution < 1.29 is 9.59 Å². The van der Waals surface area contributed by atoms with Crippen molar-refractivity contribution in [3.63, 3.8) is 0 Å². The van der Waals surface area contributed by atoms with Gasteiger partial charge in [-0.1, -0.05) is 40.2 Å². The van der Waals surface area contributed by atoms with Crippen LogP contribution in [0.4, 0.5) is 11.4 Å². The minimum atomic E-state index is -0.177. The van der Waals surface area contributed by atoms with Crippen LogP contribution in [0, 0.1) is 0 Å². The molecule has 0 aliphatic heterocycles. The van der Waals surface area contributed by atoms with Gasteiger partial charge in [-0.25, -0.2) is 0 Å². The first-order valence-corrected chi connectivity index (χ1v) is 7.25. The molecule has 0 unspecified atom stereocenters. The molecule has 2 N–H and O–H groups in total. The summed E-state index contributed by atoms with van der Waals surface area (Å²) in [5, 5.41) is 5.51. The number of hydrogen-bond donors (Lipinski definition) is 2. The number of carbonyl (C=O) groups excluding carboxylic acids is 2. The maximum absolute atomic E-state index is 12.1. The standard InChI is InChI=1S/C16H15BrN2O2/c1-11(20)18-14-7-2-3-8-15(14)19-16(21)10-12-5-4-6-13(17)9-12/h2-9H,10H2,1H3,(H,18,20)(H,19,21). The van der Waals surface area contributed by atoms with Crippen LogP contribution in [0.15, 0.2) is 53.0 Å². The maximum atomic E-state index is 12.1. The number of para-hydroxylation sites is 2. The number of carbonyl (C=O) groups is 2. The minimum absolute atomic E-state index is 0.133. The average molecular weight is 347 g/mol. The number of benzene rings is 2. The lowest BCUT2D eigenvalue weighted by Crippen LogP contribution is -2.16. The van der Waals surface area contributed by atoms with E-state index < -0.39 is 0 Å². The van der Waals surface area contributed by atoms with E-state index in [1.165, 1.54) is 6.92 Å². The zero-order valence-corrected chi connectivity index (χ0v) is 13.1. The molecule has 108 valence electrons. The zero-order valence-electron chi connectivity index (χ0n) is 11.5. The first kappa shape index (κ1) is 15.3. The van der Waals surface area contributed by atoms with Crippen molar-refractivity contribution in [2.24, 2.45) is 0 Å². The molecule has 0 atom stereocenters. The van der Waals surface area contributed by atoms with E-state index >= 15 is 0 Å². The molecule has 0 bridgehead atoms. The van der Waals surface area contributed by atoms with Gasteiger partial charge in [0.15, 0.2) is 0 Å². The van der Waals surface area contributed by atoms with Gasteiger partial charge >= 0.3 is 0 Å². The SMILES string of the molecule is CC(=O)Nc1ccccc1NC(=O)Cc1cccc(Br)c1. The quantitative estimate of drug-likeness (QED) is 0.888. The largest absolute Gasteiger partial charge is 0.325 e. The fraction of sp³-hybridized carbons (Fsp3) is 0.125. The molecule has 4 nitrogen and oxygen atoms in total. The molecular weight excluding hydrogens is 332 g/mol. The van der Waals surface area contributed by atoms with Gasteiger partial charge in [-0.3, -0.25) is 9.59 Å². The molecule has 0 radical (unpaired) electrons. The summed E-state index contributed by atoms with van der Waals surface area (Å²) in [4.78, 5) is 23.2. The Labute approximate surface area is 131 Å². The molecular formula is C16H15BrN2O2. The molecule has 0 saturated heterocycles. The van der Waals surface area contributed by atoms with E-state index in [4.69, 9.17) is 0 Å². The first-order chi connectivity index (χ1) is 10.0. The van der Waals surface area contributed by atoms with Gasteiger partial charge in [0, 0.05) is 11.4 Å². The average Bonchev–Trinajstić information content (AvgIpc) is 2.40. The highest BCUT2D eigenvalue weighted by molar-refractivity contribution is 9.10. The molecule has 0 aliphatic carbocycles. The Morgan fingerprint density at radius 2 is 1.67 bits per heavy atom. The van der Waals surface area contributed by atoms with E-state index in [0.29, 0.717) is 11.4 Å². The summed E-state index contributed by atoms with van der Waals surface area (Å²) in [6, 6.07) is 14.7. The molecule has 0 aromatic heterocycles. The van der Waals surface area contributed by atoms with E-state index in [2.05, 4.69) is 26.6 Å². The molecule has 21 heavy (non-hydrogen) atoms. The van der Waals surface area contributed by atoms with Gasteiger partial charge in [0.2, 0.25) is 11.8 Å². The number of halogens is 1. The molecule has 5 heteroatoms. The lowest BCUT2D eigenvalue weighted by atomic mass is 10.1. The maximum Gasteiger partial charge on any atom is 0.228 e. The van der Waals surface area contributed by atoms with Crippen LogP contribution in [0.5, 0.6) is 0 Å². The third kappa shape index (κ3) is 4.72. The van der Waals surface area contributed by atoms with E-state index in [1.807, 2.05) is 24.3 Å². The summed E-state index contributed by atoms with van der Waals surface area (Å²) in [7, 11) is 0. The summed E-state index contributed by atoms with van der Waals surface area (Å²) in [5.74, 6) is -0.311. The van der Waals surface area contributed by atoms with Crippen molar-refractivity contribution >= 4 is 39.1 Å². The van der Waals surface area contributed by atoms with Crippen molar-refractivity contribution in [2.45, 2.75) is 13.3 Å². The van der Waals surface area contributed by atoms with Gasteiger partial charge in [-0.15, -0.1) is 0 Å². The van der Waals surface area contributed by atoms with Crippen LogP contribution < -0.4 is 10.6 Å². The van der Waals surface area contributed by atoms with Gasteiger partial charge < -0.3 is 10.6 Å². The Hall–Kier alpha value is -2.14. The molecule has 0 aliphatic rings. The fourth-order valence-corrected chi connectivity index (χ4v) is 2.36. The summed E-state index contributed by atoms with van der Waals surface area (Å²) >= 11 is 3.38. The smallest absolute Gasteiger partial charge is 0.228 e. The molecule has 0 heterocycles. The Kier molecular flexibility index (Phi) is 5.11. The Morgan fingerprint density at radius 1 is 1.00 bits per heavy atom. The van der Waals surface area contributed by atoms with Gasteiger partial charge in [-0.2, -0.15) is 0 Å². The lowest BCUT2D eigenvalue weighted by molar-refractivity contribution is -0.116. The second kappa shape index (κ2) is 7.04. The number of anilines is 2. The van der Waals surface area contributed by atoms with Crippen LogP contribution in [0.3, 0.4) is 0 Å². The van der Waals surface area contributed by atoms with E-state index in [9.17, 15) is 9.59 Å². The van der Waals surface area contributed by atoms with Crippen molar-refractivity contribution in [2.75, 3.05) is 10.6 Å². The first-order valence-electron chi connectivity index (χ1n) is 6.45. The number of amides is 2. The van der Waals surface area contributed by atoms with Gasteiger partial charge in [0.05, 0.1) is 17.8 Å². The summed E-state index contributed by atoms with van der Waals surface area (Å²) in [6.45, 7) is 1.43. The second-order valence-corrected chi connectivity index (χ2v) is 5.50. The highest BCUT2D eigenvalue weighted by Gasteiger charge is 2.08. The highest BCUT2D eigenvalue weighted by Crippen LogP contribution is 2.21. The van der Waals surface area contributed by atoms with Crippen LogP contribution in [-0.4, -0.2) is 11.8 Å².